The van der Waals surface area contributed by atoms with Gasteiger partial charge in [-0.2, -0.15) is 0 Å². The lowest BCUT2D eigenvalue weighted by Gasteiger charge is -2.03. The second-order valence-electron chi connectivity index (χ2n) is 2.60. The molecule has 4 nitrogen and oxygen atoms in total. The summed E-state index contributed by atoms with van der Waals surface area (Å²) in [5.74, 6) is -0.423. The fourth-order valence-corrected chi connectivity index (χ4v) is 0.494. The Labute approximate surface area is 87.9 Å². The molecule has 0 spiro atoms. The fourth-order valence-electron chi connectivity index (χ4n) is 0.494. The Kier molecular flexibility index (Phi) is 9.06. The quantitative estimate of drug-likeness (QED) is 0.311. The minimum atomic E-state index is -0.423. The van der Waals surface area contributed by atoms with Crippen molar-refractivity contribution in [3.8, 4) is 0 Å². The minimum Gasteiger partial charge on any atom is -1.00 e. The van der Waals surface area contributed by atoms with Crippen LogP contribution in [0.3, 0.4) is 0 Å². The Balaban J connectivity index is 0. The first kappa shape index (κ1) is 14.8. The van der Waals surface area contributed by atoms with E-state index < -0.39 is 5.97 Å². The van der Waals surface area contributed by atoms with Gasteiger partial charge < -0.3 is 27.5 Å². The van der Waals surface area contributed by atoms with Crippen LogP contribution >= 0.6 is 0 Å². The highest BCUT2D eigenvalue weighted by molar-refractivity contribution is 5.86. The lowest BCUT2D eigenvalue weighted by Crippen LogP contribution is -3.00. The van der Waals surface area contributed by atoms with Crippen LogP contribution in [0.1, 0.15) is 13.3 Å². The molecular formula is C8H14BrNO3. The molecule has 0 radical (unpaired) electrons. The molecule has 0 aromatic rings. The molecule has 0 saturated heterocycles. The number of ether oxygens (including phenoxy) is 1. The van der Waals surface area contributed by atoms with Crippen LogP contribution in [0.2, 0.25) is 0 Å². The number of halogens is 1. The van der Waals surface area contributed by atoms with Gasteiger partial charge in [-0.25, -0.2) is 4.79 Å². The highest BCUT2D eigenvalue weighted by Gasteiger charge is 2.06. The summed E-state index contributed by atoms with van der Waals surface area (Å²) in [6, 6.07) is -0.303. The molecule has 0 saturated carbocycles. The second kappa shape index (κ2) is 7.94. The van der Waals surface area contributed by atoms with Gasteiger partial charge in [-0.15, -0.1) is 0 Å². The third kappa shape index (κ3) is 7.67. The number of aldehydes is 1. The van der Waals surface area contributed by atoms with Gasteiger partial charge in [0.25, 0.3) is 0 Å². The van der Waals surface area contributed by atoms with Gasteiger partial charge in [-0.1, -0.05) is 6.58 Å². The Morgan fingerprint density at radius 2 is 2.23 bits per heavy atom. The highest BCUT2D eigenvalue weighted by atomic mass is 79.9. The van der Waals surface area contributed by atoms with Crippen LogP contribution in [0.15, 0.2) is 12.2 Å². The van der Waals surface area contributed by atoms with Crippen molar-refractivity contribution >= 4 is 12.3 Å². The van der Waals surface area contributed by atoms with Crippen LogP contribution in [-0.2, 0) is 14.3 Å². The van der Waals surface area contributed by atoms with Crippen molar-refractivity contribution in [2.24, 2.45) is 0 Å². The number of quaternary nitrogens is 1. The Morgan fingerprint density at radius 3 is 2.62 bits per heavy atom. The lowest BCUT2D eigenvalue weighted by molar-refractivity contribution is -0.402. The summed E-state index contributed by atoms with van der Waals surface area (Å²) in [7, 11) is 0. The molecule has 0 bridgehead atoms. The number of rotatable bonds is 5. The van der Waals surface area contributed by atoms with Crippen molar-refractivity contribution in [2.75, 3.05) is 6.61 Å². The number of carbonyl (C=O) groups is 2. The van der Waals surface area contributed by atoms with Crippen LogP contribution in [0.4, 0.5) is 0 Å². The summed E-state index contributed by atoms with van der Waals surface area (Å²) in [6.45, 7) is 5.21. The number of hydrogen-bond donors (Lipinski definition) is 1. The molecule has 76 valence electrons. The summed E-state index contributed by atoms with van der Waals surface area (Å²) in [4.78, 5) is 20.9. The number of carbonyl (C=O) groups excluding carboxylic acids is 2. The summed E-state index contributed by atoms with van der Waals surface area (Å²) in [6.07, 6.45) is 1.19. The van der Waals surface area contributed by atoms with Crippen LogP contribution in [0.25, 0.3) is 0 Å². The van der Waals surface area contributed by atoms with Crippen molar-refractivity contribution in [2.45, 2.75) is 19.4 Å². The molecule has 1 unspecified atom stereocenters. The average Bonchev–Trinajstić information content (AvgIpc) is 2.03. The van der Waals surface area contributed by atoms with E-state index in [2.05, 4.69) is 12.3 Å². The molecule has 3 N–H and O–H groups in total. The van der Waals surface area contributed by atoms with Crippen LogP contribution in [0.5, 0.6) is 0 Å². The Morgan fingerprint density at radius 1 is 1.69 bits per heavy atom. The first-order valence-electron chi connectivity index (χ1n) is 3.69. The standard InChI is InChI=1S/C8H13NO3.BrH/c1-6(2)8(11)12-4-3-7(9)5-10;/h5,7H,1,3-4,9H2,2H3;1H. The first-order chi connectivity index (χ1) is 5.57. The largest absolute Gasteiger partial charge is 1.00 e. The lowest BCUT2D eigenvalue weighted by atomic mass is 10.2. The zero-order chi connectivity index (χ0) is 9.56. The molecule has 0 heterocycles. The fraction of sp³-hybridized carbons (Fsp3) is 0.500. The van der Waals surface area contributed by atoms with Gasteiger partial charge in [0.15, 0.2) is 6.29 Å². The smallest absolute Gasteiger partial charge is 0.333 e. The summed E-state index contributed by atoms with van der Waals surface area (Å²) < 4.78 is 4.74. The van der Waals surface area contributed by atoms with Gasteiger partial charge in [-0.3, -0.25) is 4.79 Å². The molecule has 1 atom stereocenters. The van der Waals surface area contributed by atoms with Crippen molar-refractivity contribution in [3.05, 3.63) is 12.2 Å². The van der Waals surface area contributed by atoms with E-state index in [0.29, 0.717) is 12.0 Å². The predicted molar refractivity (Wildman–Crippen MR) is 43.1 cm³/mol. The monoisotopic (exact) mass is 251 g/mol. The molecule has 0 fully saturated rings. The van der Waals surface area contributed by atoms with E-state index in [9.17, 15) is 9.59 Å². The first-order valence-corrected chi connectivity index (χ1v) is 3.69. The second-order valence-corrected chi connectivity index (χ2v) is 2.60. The van der Waals surface area contributed by atoms with E-state index in [0.717, 1.165) is 6.29 Å². The minimum absolute atomic E-state index is 0. The highest BCUT2D eigenvalue weighted by Crippen LogP contribution is 1.93. The van der Waals surface area contributed by atoms with Gasteiger partial charge in [-0.05, 0) is 6.92 Å². The third-order valence-electron chi connectivity index (χ3n) is 1.26. The average molecular weight is 252 g/mol. The van der Waals surface area contributed by atoms with E-state index in [1.165, 1.54) is 0 Å². The number of esters is 1. The molecule has 0 amide bonds. The Bertz CT molecular complexity index is 194. The molecular weight excluding hydrogens is 238 g/mol. The molecule has 0 aromatic heterocycles. The summed E-state index contributed by atoms with van der Waals surface area (Å²) in [5.41, 5.74) is 3.88. The zero-order valence-electron chi connectivity index (χ0n) is 7.59. The van der Waals surface area contributed by atoms with E-state index in [-0.39, 0.29) is 29.6 Å². The number of hydrogen-bond acceptors (Lipinski definition) is 3. The van der Waals surface area contributed by atoms with Crippen molar-refractivity contribution < 1.29 is 37.0 Å². The van der Waals surface area contributed by atoms with Crippen LogP contribution in [0, 0.1) is 0 Å². The van der Waals surface area contributed by atoms with Gasteiger partial charge in [0.05, 0.1) is 6.61 Å². The maximum atomic E-state index is 10.8. The summed E-state index contributed by atoms with van der Waals surface area (Å²) in [5, 5.41) is 0. The van der Waals surface area contributed by atoms with E-state index in [4.69, 9.17) is 4.74 Å². The van der Waals surface area contributed by atoms with Crippen molar-refractivity contribution in [1.29, 1.82) is 0 Å². The zero-order valence-corrected chi connectivity index (χ0v) is 9.17. The van der Waals surface area contributed by atoms with Crippen LogP contribution < -0.4 is 22.7 Å². The van der Waals surface area contributed by atoms with Gasteiger partial charge in [0, 0.05) is 12.0 Å². The molecule has 0 aliphatic heterocycles. The molecule has 0 aliphatic rings. The third-order valence-corrected chi connectivity index (χ3v) is 1.26. The van der Waals surface area contributed by atoms with E-state index in [1.807, 2.05) is 0 Å². The topological polar surface area (TPSA) is 71.0 Å². The van der Waals surface area contributed by atoms with E-state index in [1.54, 1.807) is 6.92 Å². The van der Waals surface area contributed by atoms with Gasteiger partial charge in [0.2, 0.25) is 0 Å². The normalized spacial score (nSPS) is 10.9. The molecule has 0 rings (SSSR count). The maximum Gasteiger partial charge on any atom is 0.333 e. The van der Waals surface area contributed by atoms with Crippen molar-refractivity contribution in [1.82, 2.24) is 0 Å². The van der Waals surface area contributed by atoms with E-state index >= 15 is 0 Å². The SMILES string of the molecule is C=C(C)C(=O)OCCC([NH3+])C=O.[Br-]. The predicted octanol–water partition coefficient (Wildman–Crippen LogP) is -3.69. The Hall–Kier alpha value is -0.680. The molecule has 13 heavy (non-hydrogen) atoms. The molecule has 5 heteroatoms. The van der Waals surface area contributed by atoms with Gasteiger partial charge in [0.1, 0.15) is 6.04 Å². The van der Waals surface area contributed by atoms with Gasteiger partial charge >= 0.3 is 5.97 Å². The molecule has 0 aromatic carbocycles. The molecule has 0 aliphatic carbocycles. The van der Waals surface area contributed by atoms with Crippen molar-refractivity contribution in [3.63, 3.8) is 0 Å². The summed E-state index contributed by atoms with van der Waals surface area (Å²) >= 11 is 0. The maximum absolute atomic E-state index is 10.8. The van der Waals surface area contributed by atoms with Crippen LogP contribution in [-0.4, -0.2) is 24.9 Å².